The lowest BCUT2D eigenvalue weighted by Gasteiger charge is -2.25. The van der Waals surface area contributed by atoms with E-state index in [2.05, 4.69) is 46.8 Å². The first kappa shape index (κ1) is 16.0. The van der Waals surface area contributed by atoms with Crippen LogP contribution in [-0.2, 0) is 0 Å². The molecule has 0 heterocycles. The molecule has 3 nitrogen and oxygen atoms in total. The minimum atomic E-state index is 0.104. The van der Waals surface area contributed by atoms with Crippen LogP contribution in [0.15, 0.2) is 22.7 Å². The fraction of sp³-hybridized carbons (Fsp3) is 0.533. The number of anilines is 1. The third kappa shape index (κ3) is 4.86. The Kier molecular flexibility index (Phi) is 6.92. The van der Waals surface area contributed by atoms with Crippen molar-refractivity contribution < 1.29 is 0 Å². The van der Waals surface area contributed by atoms with Gasteiger partial charge in [-0.3, -0.25) is 5.41 Å². The van der Waals surface area contributed by atoms with Crippen LogP contribution < -0.4 is 10.6 Å². The van der Waals surface area contributed by atoms with Gasteiger partial charge in [0.15, 0.2) is 0 Å². The molecule has 4 heteroatoms. The first-order chi connectivity index (χ1) is 9.10. The summed E-state index contributed by atoms with van der Waals surface area (Å²) in [6.45, 7) is 6.60. The summed E-state index contributed by atoms with van der Waals surface area (Å²) in [6, 6.07) is 6.06. The number of amidine groups is 1. The zero-order valence-electron chi connectivity index (χ0n) is 11.9. The Morgan fingerprint density at radius 1 is 1.21 bits per heavy atom. The summed E-state index contributed by atoms with van der Waals surface area (Å²) in [5.74, 6) is 0.104. The molecule has 1 aromatic rings. The van der Waals surface area contributed by atoms with E-state index in [-0.39, 0.29) is 5.84 Å². The molecule has 0 bridgehead atoms. The van der Waals surface area contributed by atoms with E-state index in [9.17, 15) is 0 Å². The van der Waals surface area contributed by atoms with Crippen LogP contribution >= 0.6 is 15.9 Å². The molecule has 3 N–H and O–H groups in total. The van der Waals surface area contributed by atoms with Crippen molar-refractivity contribution in [3.8, 4) is 0 Å². The van der Waals surface area contributed by atoms with Crippen LogP contribution in [-0.4, -0.2) is 18.9 Å². The fourth-order valence-electron chi connectivity index (χ4n) is 1.99. The van der Waals surface area contributed by atoms with E-state index < -0.39 is 0 Å². The summed E-state index contributed by atoms with van der Waals surface area (Å²) in [7, 11) is 0. The molecule has 106 valence electrons. The zero-order valence-corrected chi connectivity index (χ0v) is 13.5. The van der Waals surface area contributed by atoms with Crippen molar-refractivity contribution in [2.45, 2.75) is 39.5 Å². The SMILES string of the molecule is CCCCN(CCCC)c1ccc(C(=N)N)c(Br)c1. The summed E-state index contributed by atoms with van der Waals surface area (Å²) in [5.41, 5.74) is 7.51. The van der Waals surface area contributed by atoms with E-state index in [1.54, 1.807) is 0 Å². The third-order valence-electron chi connectivity index (χ3n) is 3.17. The molecule has 0 unspecified atom stereocenters. The average molecular weight is 326 g/mol. The Morgan fingerprint density at radius 2 is 1.79 bits per heavy atom. The summed E-state index contributed by atoms with van der Waals surface area (Å²) in [4.78, 5) is 2.42. The van der Waals surface area contributed by atoms with Crippen molar-refractivity contribution in [1.82, 2.24) is 0 Å². The molecule has 1 rings (SSSR count). The van der Waals surface area contributed by atoms with Crippen LogP contribution in [0.1, 0.15) is 45.1 Å². The van der Waals surface area contributed by atoms with E-state index in [4.69, 9.17) is 11.1 Å². The summed E-state index contributed by atoms with van der Waals surface area (Å²) < 4.78 is 0.899. The number of nitrogens with one attached hydrogen (secondary N) is 1. The van der Waals surface area contributed by atoms with Gasteiger partial charge in [0.25, 0.3) is 0 Å². The summed E-state index contributed by atoms with van der Waals surface area (Å²) >= 11 is 3.50. The van der Waals surface area contributed by atoms with Crippen LogP contribution in [0.25, 0.3) is 0 Å². The molecule has 0 saturated heterocycles. The van der Waals surface area contributed by atoms with Gasteiger partial charge < -0.3 is 10.6 Å². The second kappa shape index (κ2) is 8.20. The van der Waals surface area contributed by atoms with Crippen LogP contribution in [0.2, 0.25) is 0 Å². The number of hydrogen-bond acceptors (Lipinski definition) is 2. The highest BCUT2D eigenvalue weighted by atomic mass is 79.9. The molecule has 0 atom stereocenters. The predicted molar refractivity (Wildman–Crippen MR) is 87.2 cm³/mol. The van der Waals surface area contributed by atoms with Gasteiger partial charge in [0, 0.05) is 28.8 Å². The standard InChI is InChI=1S/C15H24BrN3/c1-3-5-9-19(10-6-4-2)12-7-8-13(15(17)18)14(16)11-12/h7-8,11H,3-6,9-10H2,1-2H3,(H3,17,18). The first-order valence-corrected chi connectivity index (χ1v) is 7.78. The molecule has 0 aliphatic rings. The van der Waals surface area contributed by atoms with Gasteiger partial charge in [0.2, 0.25) is 0 Å². The van der Waals surface area contributed by atoms with Crippen LogP contribution in [0, 0.1) is 5.41 Å². The molecule has 0 aliphatic heterocycles. The van der Waals surface area contributed by atoms with Gasteiger partial charge in [-0.2, -0.15) is 0 Å². The maximum atomic E-state index is 7.51. The number of benzene rings is 1. The van der Waals surface area contributed by atoms with Gasteiger partial charge in [-0.05, 0) is 47.0 Å². The van der Waals surface area contributed by atoms with E-state index in [1.807, 2.05) is 6.07 Å². The van der Waals surface area contributed by atoms with Gasteiger partial charge in [-0.1, -0.05) is 26.7 Å². The highest BCUT2D eigenvalue weighted by Gasteiger charge is 2.09. The van der Waals surface area contributed by atoms with Crippen molar-refractivity contribution in [3.63, 3.8) is 0 Å². The minimum absolute atomic E-state index is 0.104. The Morgan fingerprint density at radius 3 is 2.21 bits per heavy atom. The predicted octanol–water partition coefficient (Wildman–Crippen LogP) is 4.14. The van der Waals surface area contributed by atoms with E-state index in [0.717, 1.165) is 23.1 Å². The van der Waals surface area contributed by atoms with E-state index in [0.29, 0.717) is 0 Å². The number of halogens is 1. The minimum Gasteiger partial charge on any atom is -0.384 e. The monoisotopic (exact) mass is 325 g/mol. The molecule has 0 fully saturated rings. The third-order valence-corrected chi connectivity index (χ3v) is 3.83. The van der Waals surface area contributed by atoms with Crippen LogP contribution in [0.4, 0.5) is 5.69 Å². The van der Waals surface area contributed by atoms with E-state index >= 15 is 0 Å². The average Bonchev–Trinajstić information content (AvgIpc) is 2.38. The first-order valence-electron chi connectivity index (χ1n) is 6.99. The molecule has 0 radical (unpaired) electrons. The molecular formula is C15H24BrN3. The van der Waals surface area contributed by atoms with Gasteiger partial charge in [0.05, 0.1) is 0 Å². The molecule has 0 aliphatic carbocycles. The van der Waals surface area contributed by atoms with Crippen molar-refractivity contribution in [3.05, 3.63) is 28.2 Å². The number of nitrogens with zero attached hydrogens (tertiary/aromatic N) is 1. The van der Waals surface area contributed by atoms with Crippen molar-refractivity contribution in [2.75, 3.05) is 18.0 Å². The number of hydrogen-bond donors (Lipinski definition) is 2. The maximum Gasteiger partial charge on any atom is 0.123 e. The Labute approximate surface area is 124 Å². The Hall–Kier alpha value is -1.03. The molecule has 0 saturated carbocycles. The lowest BCUT2D eigenvalue weighted by Crippen LogP contribution is -2.25. The number of nitrogens with two attached hydrogens (primary N) is 1. The lowest BCUT2D eigenvalue weighted by molar-refractivity contribution is 0.678. The highest BCUT2D eigenvalue weighted by molar-refractivity contribution is 9.10. The van der Waals surface area contributed by atoms with Crippen molar-refractivity contribution in [2.24, 2.45) is 5.73 Å². The molecule has 19 heavy (non-hydrogen) atoms. The van der Waals surface area contributed by atoms with E-state index in [1.165, 1.54) is 31.4 Å². The molecule has 1 aromatic carbocycles. The Bertz CT molecular complexity index is 410. The lowest BCUT2D eigenvalue weighted by atomic mass is 10.1. The second-order valence-corrected chi connectivity index (χ2v) is 5.63. The second-order valence-electron chi connectivity index (χ2n) is 4.77. The van der Waals surface area contributed by atoms with Crippen LogP contribution in [0.5, 0.6) is 0 Å². The molecule has 0 amide bonds. The van der Waals surface area contributed by atoms with Crippen molar-refractivity contribution >= 4 is 27.5 Å². The van der Waals surface area contributed by atoms with Gasteiger partial charge >= 0.3 is 0 Å². The maximum absolute atomic E-state index is 7.51. The molecular weight excluding hydrogens is 302 g/mol. The molecule has 0 spiro atoms. The zero-order chi connectivity index (χ0) is 14.3. The number of nitrogen functional groups attached to an aromatic ring is 1. The van der Waals surface area contributed by atoms with Gasteiger partial charge in [-0.15, -0.1) is 0 Å². The molecule has 0 aromatic heterocycles. The quantitative estimate of drug-likeness (QED) is 0.557. The Balaban J connectivity index is 2.88. The largest absolute Gasteiger partial charge is 0.384 e. The van der Waals surface area contributed by atoms with Crippen molar-refractivity contribution in [1.29, 1.82) is 5.41 Å². The fourth-order valence-corrected chi connectivity index (χ4v) is 2.57. The topological polar surface area (TPSA) is 53.1 Å². The van der Waals surface area contributed by atoms with Crippen LogP contribution in [0.3, 0.4) is 0 Å². The smallest absolute Gasteiger partial charge is 0.123 e. The number of rotatable bonds is 8. The number of unbranched alkanes of at least 4 members (excludes halogenated alkanes) is 2. The summed E-state index contributed by atoms with van der Waals surface area (Å²) in [5, 5.41) is 7.51. The van der Waals surface area contributed by atoms with Gasteiger partial charge in [0.1, 0.15) is 5.84 Å². The summed E-state index contributed by atoms with van der Waals surface area (Å²) in [6.07, 6.45) is 4.82. The van der Waals surface area contributed by atoms with Gasteiger partial charge in [-0.25, -0.2) is 0 Å². The normalized spacial score (nSPS) is 10.5. The highest BCUT2D eigenvalue weighted by Crippen LogP contribution is 2.24.